The molecule has 160 valence electrons. The molecule has 0 bridgehead atoms. The maximum absolute atomic E-state index is 12.1. The molecule has 0 saturated heterocycles. The lowest BCUT2D eigenvalue weighted by Gasteiger charge is -2.38. The van der Waals surface area contributed by atoms with Gasteiger partial charge in [-0.3, -0.25) is 4.79 Å². The third-order valence-corrected chi connectivity index (χ3v) is 6.95. The molecule has 2 heterocycles. The third kappa shape index (κ3) is 2.56. The Morgan fingerprint density at radius 3 is 2.66 bits per heavy atom. The molecule has 1 spiro atoms. The van der Waals surface area contributed by atoms with E-state index in [1.807, 2.05) is 18.2 Å². The van der Waals surface area contributed by atoms with Crippen LogP contribution in [-0.4, -0.2) is 18.9 Å². The van der Waals surface area contributed by atoms with E-state index in [9.17, 15) is 4.79 Å². The second kappa shape index (κ2) is 7.07. The Morgan fingerprint density at radius 1 is 0.969 bits per heavy atom. The van der Waals surface area contributed by atoms with E-state index in [0.29, 0.717) is 13.0 Å². The second-order valence-corrected chi connectivity index (χ2v) is 8.54. The zero-order valence-electron chi connectivity index (χ0n) is 18.4. The van der Waals surface area contributed by atoms with Crippen LogP contribution in [0.2, 0.25) is 0 Å². The molecule has 1 atom stereocenters. The van der Waals surface area contributed by atoms with E-state index in [1.54, 1.807) is 6.08 Å². The van der Waals surface area contributed by atoms with Gasteiger partial charge in [0.05, 0.1) is 6.61 Å². The maximum atomic E-state index is 12.1. The molecule has 0 aromatic heterocycles. The Morgan fingerprint density at radius 2 is 1.81 bits per heavy atom. The summed E-state index contributed by atoms with van der Waals surface area (Å²) >= 11 is 0. The zero-order chi connectivity index (χ0) is 21.9. The van der Waals surface area contributed by atoms with Gasteiger partial charge >= 0.3 is 0 Å². The van der Waals surface area contributed by atoms with Crippen molar-refractivity contribution < 1.29 is 14.3 Å². The molecule has 0 radical (unpaired) electrons. The van der Waals surface area contributed by atoms with Crippen molar-refractivity contribution in [3.05, 3.63) is 87.3 Å². The molecule has 3 aromatic carbocycles. The third-order valence-electron chi connectivity index (χ3n) is 6.95. The van der Waals surface area contributed by atoms with E-state index in [0.717, 1.165) is 57.4 Å². The molecule has 2 aliphatic heterocycles. The number of hydrogen-bond donors (Lipinski definition) is 0. The first-order chi connectivity index (χ1) is 15.7. The molecule has 0 fully saturated rings. The van der Waals surface area contributed by atoms with Crippen molar-refractivity contribution in [3.8, 4) is 11.5 Å². The van der Waals surface area contributed by atoms with E-state index in [2.05, 4.69) is 61.2 Å². The van der Waals surface area contributed by atoms with Gasteiger partial charge in [-0.05, 0) is 59.7 Å². The average Bonchev–Trinajstić information content (AvgIpc) is 3.19. The topological polar surface area (TPSA) is 38.8 Å². The first kappa shape index (κ1) is 19.3. The van der Waals surface area contributed by atoms with E-state index >= 15 is 0 Å². The zero-order valence-corrected chi connectivity index (χ0v) is 18.4. The average molecular weight is 424 g/mol. The summed E-state index contributed by atoms with van der Waals surface area (Å²) in [7, 11) is 0. The minimum atomic E-state index is -0.753. The number of fused-ring (bicyclic) bond motifs is 8. The summed E-state index contributed by atoms with van der Waals surface area (Å²) in [6.07, 6.45) is 4.17. The highest BCUT2D eigenvalue weighted by Crippen LogP contribution is 2.55. The lowest BCUT2D eigenvalue weighted by atomic mass is 9.76. The van der Waals surface area contributed by atoms with Gasteiger partial charge in [-0.25, -0.2) is 0 Å². The van der Waals surface area contributed by atoms with Gasteiger partial charge in [-0.15, -0.1) is 0 Å². The van der Waals surface area contributed by atoms with Crippen molar-refractivity contribution in [2.75, 3.05) is 18.0 Å². The first-order valence-corrected chi connectivity index (χ1v) is 11.3. The van der Waals surface area contributed by atoms with E-state index in [4.69, 9.17) is 9.47 Å². The number of ketones is 1. The SMILES string of the molecule is CCN(CC)c1ccc2c(c1)Oc1ccc3c(c1C21OCc2ccccc21)=CCC(=O)C=3. The van der Waals surface area contributed by atoms with Crippen LogP contribution in [0.5, 0.6) is 11.5 Å². The van der Waals surface area contributed by atoms with Gasteiger partial charge in [0, 0.05) is 42.4 Å². The van der Waals surface area contributed by atoms with Crippen LogP contribution in [0, 0.1) is 0 Å². The Bertz CT molecular complexity index is 1390. The van der Waals surface area contributed by atoms with Crippen molar-refractivity contribution >= 4 is 23.6 Å². The van der Waals surface area contributed by atoms with Gasteiger partial charge in [0.2, 0.25) is 0 Å². The summed E-state index contributed by atoms with van der Waals surface area (Å²) in [5.41, 5.74) is 4.75. The van der Waals surface area contributed by atoms with Crippen LogP contribution in [0.4, 0.5) is 5.69 Å². The number of anilines is 1. The summed E-state index contributed by atoms with van der Waals surface area (Å²) in [5, 5.41) is 1.97. The first-order valence-electron chi connectivity index (χ1n) is 11.3. The fourth-order valence-electron chi connectivity index (χ4n) is 5.45. The minimum Gasteiger partial charge on any atom is -0.456 e. The van der Waals surface area contributed by atoms with Gasteiger partial charge in [0.15, 0.2) is 11.4 Å². The molecule has 32 heavy (non-hydrogen) atoms. The number of carbonyl (C=O) groups excluding carboxylic acids is 1. The quantitative estimate of drug-likeness (QED) is 0.639. The van der Waals surface area contributed by atoms with Crippen LogP contribution < -0.4 is 20.1 Å². The number of rotatable bonds is 3. The maximum Gasteiger partial charge on any atom is 0.160 e. The Kier molecular flexibility index (Phi) is 4.27. The Hall–Kier alpha value is -3.37. The number of benzene rings is 3. The van der Waals surface area contributed by atoms with Crippen molar-refractivity contribution in [2.24, 2.45) is 0 Å². The fraction of sp³-hybridized carbons (Fsp3) is 0.250. The second-order valence-electron chi connectivity index (χ2n) is 8.54. The lowest BCUT2D eigenvalue weighted by molar-refractivity contribution is -0.112. The molecular formula is C28H25NO3. The largest absolute Gasteiger partial charge is 0.456 e. The predicted octanol–water partition coefficient (Wildman–Crippen LogP) is 3.99. The summed E-state index contributed by atoms with van der Waals surface area (Å²) in [6.45, 7) is 6.73. The molecule has 0 N–H and O–H groups in total. The number of Topliss-reactive ketones (excluding diaryl/α,β-unsaturated/α-hetero) is 1. The minimum absolute atomic E-state index is 0.125. The molecule has 1 aliphatic carbocycles. The summed E-state index contributed by atoms with van der Waals surface area (Å²) in [6, 6.07) is 18.9. The highest BCUT2D eigenvalue weighted by Gasteiger charge is 2.50. The normalized spacial score (nSPS) is 19.8. The van der Waals surface area contributed by atoms with Crippen LogP contribution in [0.25, 0.3) is 12.2 Å². The Labute approximate surface area is 187 Å². The number of ether oxygens (including phenoxy) is 2. The van der Waals surface area contributed by atoms with Crippen LogP contribution in [0.3, 0.4) is 0 Å². The summed E-state index contributed by atoms with van der Waals surface area (Å²) in [5.74, 6) is 1.75. The van der Waals surface area contributed by atoms with Gasteiger partial charge < -0.3 is 14.4 Å². The van der Waals surface area contributed by atoms with Crippen LogP contribution in [0.1, 0.15) is 42.5 Å². The monoisotopic (exact) mass is 423 g/mol. The van der Waals surface area contributed by atoms with Gasteiger partial charge in [-0.1, -0.05) is 36.4 Å². The molecule has 3 aliphatic rings. The van der Waals surface area contributed by atoms with E-state index in [1.165, 1.54) is 5.56 Å². The van der Waals surface area contributed by atoms with E-state index in [-0.39, 0.29) is 5.78 Å². The molecular weight excluding hydrogens is 398 g/mol. The Balaban J connectivity index is 1.69. The van der Waals surface area contributed by atoms with Gasteiger partial charge in [0.25, 0.3) is 0 Å². The number of carbonyl (C=O) groups is 1. The molecule has 3 aromatic rings. The van der Waals surface area contributed by atoms with Crippen LogP contribution >= 0.6 is 0 Å². The molecule has 0 amide bonds. The fourth-order valence-corrected chi connectivity index (χ4v) is 5.45. The highest BCUT2D eigenvalue weighted by atomic mass is 16.5. The van der Waals surface area contributed by atoms with Crippen molar-refractivity contribution in [1.29, 1.82) is 0 Å². The van der Waals surface area contributed by atoms with Crippen LogP contribution in [-0.2, 0) is 21.7 Å². The van der Waals surface area contributed by atoms with Crippen molar-refractivity contribution in [3.63, 3.8) is 0 Å². The van der Waals surface area contributed by atoms with E-state index < -0.39 is 5.60 Å². The van der Waals surface area contributed by atoms with Gasteiger partial charge in [-0.2, -0.15) is 0 Å². The standard InChI is InChI=1S/C28H25NO3/c1-3-29(4-2)20-10-13-24-26(16-20)32-25-14-9-18-15-21(30)11-12-22(18)27(25)28(24)23-8-6-5-7-19(23)17-31-28/h5-10,12-16H,3-4,11,17H2,1-2H3. The van der Waals surface area contributed by atoms with Gasteiger partial charge in [0.1, 0.15) is 11.5 Å². The number of hydrogen-bond acceptors (Lipinski definition) is 4. The number of nitrogens with zero attached hydrogens (tertiary/aromatic N) is 1. The van der Waals surface area contributed by atoms with Crippen molar-refractivity contribution in [1.82, 2.24) is 0 Å². The lowest BCUT2D eigenvalue weighted by Crippen LogP contribution is -2.43. The molecule has 4 heteroatoms. The summed E-state index contributed by atoms with van der Waals surface area (Å²) < 4.78 is 13.3. The molecule has 1 unspecified atom stereocenters. The predicted molar refractivity (Wildman–Crippen MR) is 125 cm³/mol. The van der Waals surface area contributed by atoms with Crippen molar-refractivity contribution in [2.45, 2.75) is 32.5 Å². The smallest absolute Gasteiger partial charge is 0.160 e. The molecule has 0 saturated carbocycles. The molecule has 4 nitrogen and oxygen atoms in total. The van der Waals surface area contributed by atoms with Crippen LogP contribution in [0.15, 0.2) is 54.6 Å². The highest BCUT2D eigenvalue weighted by molar-refractivity contribution is 6.09. The summed E-state index contributed by atoms with van der Waals surface area (Å²) in [4.78, 5) is 14.4. The molecule has 6 rings (SSSR count).